The normalized spacial score (nSPS) is 21.2. The highest BCUT2D eigenvalue weighted by Gasteiger charge is 2.43. The Bertz CT molecular complexity index is 143. The lowest BCUT2D eigenvalue weighted by atomic mass is 9.69. The minimum atomic E-state index is -0.220. The largest absolute Gasteiger partial charge is 0.380 e. The Labute approximate surface area is 80.7 Å². The Hall–Kier alpha value is -0.110. The predicted octanol–water partition coefficient (Wildman–Crippen LogP) is 3.19. The predicted molar refractivity (Wildman–Crippen MR) is 52.5 cm³/mol. The maximum Gasteiger partial charge on any atom is 0.0995 e. The molecule has 1 fully saturated rings. The summed E-state index contributed by atoms with van der Waals surface area (Å²) < 4.78 is 17.9. The molecular formula is C11H21FO. The molecule has 1 aliphatic rings. The average molecular weight is 188 g/mol. The fraction of sp³-hybridized carbons (Fsp3) is 1.00. The van der Waals surface area contributed by atoms with Crippen molar-refractivity contribution in [2.45, 2.75) is 40.0 Å². The van der Waals surface area contributed by atoms with E-state index in [1.165, 1.54) is 0 Å². The highest BCUT2D eigenvalue weighted by molar-refractivity contribution is 4.90. The maximum atomic E-state index is 12.8. The van der Waals surface area contributed by atoms with Crippen LogP contribution in [0, 0.1) is 10.8 Å². The van der Waals surface area contributed by atoms with Crippen LogP contribution in [0.4, 0.5) is 4.39 Å². The molecule has 0 aromatic heterocycles. The third-order valence-corrected chi connectivity index (χ3v) is 3.61. The van der Waals surface area contributed by atoms with Crippen LogP contribution >= 0.6 is 0 Å². The van der Waals surface area contributed by atoms with E-state index >= 15 is 0 Å². The van der Waals surface area contributed by atoms with Crippen LogP contribution in [0.15, 0.2) is 0 Å². The molecule has 1 saturated heterocycles. The molecule has 0 bridgehead atoms. The SMILES string of the molecule is CCC(C)(CC)CC1(CF)COC1. The molecular weight excluding hydrogens is 167 g/mol. The van der Waals surface area contributed by atoms with Gasteiger partial charge in [0, 0.05) is 5.41 Å². The van der Waals surface area contributed by atoms with Crippen molar-refractivity contribution >= 4 is 0 Å². The van der Waals surface area contributed by atoms with Crippen molar-refractivity contribution in [1.82, 2.24) is 0 Å². The van der Waals surface area contributed by atoms with Crippen molar-refractivity contribution < 1.29 is 9.13 Å². The molecule has 1 heterocycles. The van der Waals surface area contributed by atoms with Gasteiger partial charge in [-0.3, -0.25) is 4.39 Å². The van der Waals surface area contributed by atoms with Gasteiger partial charge in [0.1, 0.15) is 0 Å². The standard InChI is InChI=1S/C11H21FO/c1-4-10(3,5-2)6-11(7-12)8-13-9-11/h4-9H2,1-3H3. The topological polar surface area (TPSA) is 9.23 Å². The molecule has 0 radical (unpaired) electrons. The van der Waals surface area contributed by atoms with Gasteiger partial charge in [0.25, 0.3) is 0 Å². The van der Waals surface area contributed by atoms with E-state index in [1.54, 1.807) is 0 Å². The summed E-state index contributed by atoms with van der Waals surface area (Å²) in [6.07, 6.45) is 3.24. The monoisotopic (exact) mass is 188 g/mol. The minimum absolute atomic E-state index is 0.138. The van der Waals surface area contributed by atoms with Gasteiger partial charge in [-0.2, -0.15) is 0 Å². The van der Waals surface area contributed by atoms with E-state index in [0.717, 1.165) is 19.3 Å². The molecule has 78 valence electrons. The number of ether oxygens (including phenoxy) is 1. The number of hydrogen-bond donors (Lipinski definition) is 0. The van der Waals surface area contributed by atoms with E-state index < -0.39 is 0 Å². The van der Waals surface area contributed by atoms with Crippen LogP contribution in [0.2, 0.25) is 0 Å². The third-order valence-electron chi connectivity index (χ3n) is 3.61. The highest BCUT2D eigenvalue weighted by Crippen LogP contribution is 2.43. The first-order valence-corrected chi connectivity index (χ1v) is 5.23. The van der Waals surface area contributed by atoms with Gasteiger partial charge < -0.3 is 4.74 Å². The van der Waals surface area contributed by atoms with Crippen LogP contribution in [-0.2, 0) is 4.74 Å². The quantitative estimate of drug-likeness (QED) is 0.644. The first-order chi connectivity index (χ1) is 6.10. The second-order valence-corrected chi connectivity index (χ2v) is 4.82. The Morgan fingerprint density at radius 3 is 2.08 bits per heavy atom. The molecule has 0 N–H and O–H groups in total. The molecule has 0 saturated carbocycles. The van der Waals surface area contributed by atoms with Gasteiger partial charge in [0.05, 0.1) is 19.9 Å². The zero-order valence-corrected chi connectivity index (χ0v) is 9.03. The molecule has 1 nitrogen and oxygen atoms in total. The molecule has 0 unspecified atom stereocenters. The average Bonchev–Trinajstić information content (AvgIpc) is 2.11. The van der Waals surface area contributed by atoms with E-state index in [9.17, 15) is 4.39 Å². The lowest BCUT2D eigenvalue weighted by Gasteiger charge is -2.45. The number of halogens is 1. The Balaban J connectivity index is 2.53. The van der Waals surface area contributed by atoms with E-state index in [4.69, 9.17) is 4.74 Å². The molecule has 1 aliphatic heterocycles. The fourth-order valence-electron chi connectivity index (χ4n) is 2.02. The van der Waals surface area contributed by atoms with Crippen molar-refractivity contribution in [2.24, 2.45) is 10.8 Å². The lowest BCUT2D eigenvalue weighted by molar-refractivity contribution is -0.144. The molecule has 0 amide bonds. The van der Waals surface area contributed by atoms with Crippen LogP contribution in [-0.4, -0.2) is 19.9 Å². The first kappa shape index (κ1) is 11.0. The van der Waals surface area contributed by atoms with Crippen LogP contribution in [0.5, 0.6) is 0 Å². The Morgan fingerprint density at radius 1 is 1.31 bits per heavy atom. The first-order valence-electron chi connectivity index (χ1n) is 5.23. The smallest absolute Gasteiger partial charge is 0.0995 e. The zero-order valence-electron chi connectivity index (χ0n) is 9.03. The van der Waals surface area contributed by atoms with Crippen LogP contribution < -0.4 is 0 Å². The molecule has 0 spiro atoms. The summed E-state index contributed by atoms with van der Waals surface area (Å²) in [6, 6.07) is 0. The van der Waals surface area contributed by atoms with Crippen LogP contribution in [0.25, 0.3) is 0 Å². The van der Waals surface area contributed by atoms with Crippen LogP contribution in [0.3, 0.4) is 0 Å². The number of hydrogen-bond acceptors (Lipinski definition) is 1. The van der Waals surface area contributed by atoms with Gasteiger partial charge in [0.15, 0.2) is 0 Å². The second-order valence-electron chi connectivity index (χ2n) is 4.82. The summed E-state index contributed by atoms with van der Waals surface area (Å²) in [5.74, 6) is 0. The zero-order chi connectivity index (χ0) is 9.95. The summed E-state index contributed by atoms with van der Waals surface area (Å²) in [4.78, 5) is 0. The van der Waals surface area contributed by atoms with Crippen molar-refractivity contribution in [3.05, 3.63) is 0 Å². The summed E-state index contributed by atoms with van der Waals surface area (Å²) in [5, 5.41) is 0. The second kappa shape index (κ2) is 3.95. The van der Waals surface area contributed by atoms with Gasteiger partial charge >= 0.3 is 0 Å². The number of alkyl halides is 1. The number of rotatable bonds is 5. The summed E-state index contributed by atoms with van der Waals surface area (Å²) >= 11 is 0. The fourth-order valence-corrected chi connectivity index (χ4v) is 2.02. The highest BCUT2D eigenvalue weighted by atomic mass is 19.1. The Morgan fingerprint density at radius 2 is 1.85 bits per heavy atom. The minimum Gasteiger partial charge on any atom is -0.380 e. The van der Waals surface area contributed by atoms with E-state index in [1.807, 2.05) is 0 Å². The molecule has 1 rings (SSSR count). The molecule has 13 heavy (non-hydrogen) atoms. The molecule has 0 aromatic carbocycles. The Kier molecular flexibility index (Phi) is 3.33. The van der Waals surface area contributed by atoms with Gasteiger partial charge in [0.2, 0.25) is 0 Å². The van der Waals surface area contributed by atoms with Gasteiger partial charge in [-0.15, -0.1) is 0 Å². The maximum absolute atomic E-state index is 12.8. The van der Waals surface area contributed by atoms with Crippen molar-refractivity contribution in [3.63, 3.8) is 0 Å². The lowest BCUT2D eigenvalue weighted by Crippen LogP contribution is -2.47. The van der Waals surface area contributed by atoms with E-state index in [0.29, 0.717) is 18.6 Å². The molecule has 0 atom stereocenters. The van der Waals surface area contributed by atoms with Crippen molar-refractivity contribution in [3.8, 4) is 0 Å². The molecule has 0 aliphatic carbocycles. The van der Waals surface area contributed by atoms with Crippen molar-refractivity contribution in [2.75, 3.05) is 19.9 Å². The van der Waals surface area contributed by atoms with Crippen LogP contribution in [0.1, 0.15) is 40.0 Å². The van der Waals surface area contributed by atoms with Gasteiger partial charge in [-0.25, -0.2) is 0 Å². The van der Waals surface area contributed by atoms with E-state index in [-0.39, 0.29) is 12.1 Å². The van der Waals surface area contributed by atoms with Gasteiger partial charge in [-0.1, -0.05) is 33.6 Å². The summed E-state index contributed by atoms with van der Waals surface area (Å²) in [6.45, 7) is 7.66. The summed E-state index contributed by atoms with van der Waals surface area (Å²) in [7, 11) is 0. The third kappa shape index (κ3) is 2.22. The van der Waals surface area contributed by atoms with Crippen molar-refractivity contribution in [1.29, 1.82) is 0 Å². The molecule has 2 heteroatoms. The van der Waals surface area contributed by atoms with E-state index in [2.05, 4.69) is 20.8 Å². The molecule has 0 aromatic rings. The summed E-state index contributed by atoms with van der Waals surface area (Å²) in [5.41, 5.74) is 0.163. The van der Waals surface area contributed by atoms with Gasteiger partial charge in [-0.05, 0) is 11.8 Å².